The number of aromatic nitrogens is 4. The number of aliphatic hydroxyl groups is 1. The molecule has 2 unspecified atom stereocenters. The number of aliphatic hydroxyl groups excluding tert-OH is 1. The molecule has 0 saturated carbocycles. The van der Waals surface area contributed by atoms with Crippen LogP contribution in [0.1, 0.15) is 53.0 Å². The lowest BCUT2D eigenvalue weighted by molar-refractivity contribution is -0.0445. The Morgan fingerprint density at radius 2 is 1.76 bits per heavy atom. The van der Waals surface area contributed by atoms with Crippen LogP contribution >= 0.6 is 0 Å². The fraction of sp³-hybridized carbons (Fsp3) is 0.268. The highest BCUT2D eigenvalue weighted by atomic mass is 16.5. The van der Waals surface area contributed by atoms with Gasteiger partial charge in [0.1, 0.15) is 11.9 Å². The molecule has 0 amide bonds. The standard InChI is InChI=1S/C41H39N5O3/c1-4-25-23-46-20-16-26(25)21-36(46)40(47)32-22-27(45-34-13-14-37(48-3)28(5-2)38(32)34)24-49-41(30-15-17-42-33-11-7-6-9-29(30)33)31-10-8-12-35-39(31)44-19-18-43-35/h4-15,17-19,22,25-26,36,40-41,47H,1-2,16,20-21,23-24H2,3H3/t25-,26?,36-,40+,41-/m0/s1. The van der Waals surface area contributed by atoms with Crippen LogP contribution in [0.15, 0.2) is 105 Å². The summed E-state index contributed by atoms with van der Waals surface area (Å²) in [5.74, 6) is 1.67. The molecule has 8 nitrogen and oxygen atoms in total. The van der Waals surface area contributed by atoms with Gasteiger partial charge in [-0.25, -0.2) is 0 Å². The second-order valence-electron chi connectivity index (χ2n) is 13.1. The summed E-state index contributed by atoms with van der Waals surface area (Å²) in [6.07, 6.45) is 9.93. The molecule has 3 aromatic heterocycles. The Morgan fingerprint density at radius 1 is 0.918 bits per heavy atom. The first-order valence-corrected chi connectivity index (χ1v) is 16.9. The van der Waals surface area contributed by atoms with E-state index in [-0.39, 0.29) is 12.6 Å². The van der Waals surface area contributed by atoms with E-state index < -0.39 is 12.2 Å². The molecule has 3 aromatic carbocycles. The molecule has 1 N–H and O–H groups in total. The van der Waals surface area contributed by atoms with Gasteiger partial charge in [0, 0.05) is 53.1 Å². The molecule has 0 radical (unpaired) electrons. The van der Waals surface area contributed by atoms with E-state index in [4.69, 9.17) is 19.4 Å². The molecule has 246 valence electrons. The van der Waals surface area contributed by atoms with Gasteiger partial charge in [-0.2, -0.15) is 0 Å². The zero-order valence-corrected chi connectivity index (χ0v) is 27.6. The Balaban J connectivity index is 1.23. The maximum absolute atomic E-state index is 12.3. The third-order valence-corrected chi connectivity index (χ3v) is 10.5. The molecular weight excluding hydrogens is 610 g/mol. The number of hydrogen-bond donors (Lipinski definition) is 1. The van der Waals surface area contributed by atoms with Crippen LogP contribution in [0.5, 0.6) is 5.75 Å². The Labute approximate surface area is 285 Å². The minimum absolute atomic E-state index is 0.0108. The van der Waals surface area contributed by atoms with Crippen molar-refractivity contribution in [1.29, 1.82) is 0 Å². The molecule has 2 bridgehead atoms. The molecule has 6 aromatic rings. The molecule has 0 aliphatic carbocycles. The molecule has 3 fully saturated rings. The smallest absolute Gasteiger partial charge is 0.126 e. The van der Waals surface area contributed by atoms with Gasteiger partial charge < -0.3 is 14.6 Å². The van der Waals surface area contributed by atoms with Crippen LogP contribution < -0.4 is 4.74 Å². The summed E-state index contributed by atoms with van der Waals surface area (Å²) in [6, 6.07) is 22.0. The number of para-hydroxylation sites is 2. The van der Waals surface area contributed by atoms with E-state index in [1.54, 1.807) is 25.6 Å². The lowest BCUT2D eigenvalue weighted by atomic mass is 9.73. The largest absolute Gasteiger partial charge is 0.496 e. The summed E-state index contributed by atoms with van der Waals surface area (Å²) in [5, 5.41) is 14.1. The first kappa shape index (κ1) is 31.3. The van der Waals surface area contributed by atoms with Crippen molar-refractivity contribution in [2.24, 2.45) is 11.8 Å². The van der Waals surface area contributed by atoms with Crippen molar-refractivity contribution < 1.29 is 14.6 Å². The number of nitrogens with zero attached hydrogens (tertiary/aromatic N) is 5. The van der Waals surface area contributed by atoms with Crippen molar-refractivity contribution in [3.8, 4) is 5.75 Å². The maximum atomic E-state index is 12.3. The highest BCUT2D eigenvalue weighted by Gasteiger charge is 2.42. The molecule has 6 atom stereocenters. The van der Waals surface area contributed by atoms with Crippen LogP contribution in [-0.2, 0) is 11.3 Å². The summed E-state index contributed by atoms with van der Waals surface area (Å²) in [4.78, 5) is 21.4. The zero-order valence-electron chi connectivity index (χ0n) is 27.6. The molecule has 3 aliphatic rings. The second kappa shape index (κ2) is 13.1. The molecule has 49 heavy (non-hydrogen) atoms. The van der Waals surface area contributed by atoms with Gasteiger partial charge in [0.25, 0.3) is 0 Å². The van der Waals surface area contributed by atoms with Crippen LogP contribution in [0.4, 0.5) is 0 Å². The fourth-order valence-corrected chi connectivity index (χ4v) is 8.11. The molecule has 0 spiro atoms. The number of benzene rings is 3. The van der Waals surface area contributed by atoms with Gasteiger partial charge in [0.2, 0.25) is 0 Å². The second-order valence-corrected chi connectivity index (χ2v) is 13.1. The number of pyridine rings is 2. The minimum Gasteiger partial charge on any atom is -0.496 e. The van der Waals surface area contributed by atoms with E-state index in [1.165, 1.54) is 0 Å². The highest BCUT2D eigenvalue weighted by Crippen LogP contribution is 2.44. The molecule has 6 heterocycles. The monoisotopic (exact) mass is 649 g/mol. The molecule has 3 saturated heterocycles. The van der Waals surface area contributed by atoms with Gasteiger partial charge in [-0.15, -0.1) is 6.58 Å². The Morgan fingerprint density at radius 3 is 2.57 bits per heavy atom. The lowest BCUT2D eigenvalue weighted by Crippen LogP contribution is -2.54. The van der Waals surface area contributed by atoms with Gasteiger partial charge in [0.15, 0.2) is 0 Å². The van der Waals surface area contributed by atoms with Crippen LogP contribution in [0.25, 0.3) is 38.9 Å². The summed E-state index contributed by atoms with van der Waals surface area (Å²) < 4.78 is 12.7. The normalized spacial score (nSPS) is 21.5. The summed E-state index contributed by atoms with van der Waals surface area (Å²) in [5.41, 5.74) is 7.45. The van der Waals surface area contributed by atoms with E-state index in [2.05, 4.69) is 40.2 Å². The zero-order chi connectivity index (χ0) is 33.5. The van der Waals surface area contributed by atoms with Gasteiger partial charge in [-0.1, -0.05) is 49.1 Å². The van der Waals surface area contributed by atoms with E-state index in [0.29, 0.717) is 17.6 Å². The molecule has 9 rings (SSSR count). The van der Waals surface area contributed by atoms with Crippen LogP contribution in [0, 0.1) is 11.8 Å². The molecule has 8 heteroatoms. The summed E-state index contributed by atoms with van der Waals surface area (Å²) in [7, 11) is 1.65. The van der Waals surface area contributed by atoms with Crippen molar-refractivity contribution in [2.45, 2.75) is 37.7 Å². The maximum Gasteiger partial charge on any atom is 0.126 e. The SMILES string of the molecule is C=Cc1c(OC)ccc2nc(CO[C@@H](c3ccnc4ccccc34)c3cccc4nccnc34)cc([C@@H](O)[C@@H]3CC4CCN3C[C@@H]4C=C)c12. The van der Waals surface area contributed by atoms with Crippen molar-refractivity contribution in [1.82, 2.24) is 24.8 Å². The van der Waals surface area contributed by atoms with E-state index >= 15 is 0 Å². The van der Waals surface area contributed by atoms with Crippen LogP contribution in [0.2, 0.25) is 0 Å². The number of fused-ring (bicyclic) bond motifs is 6. The van der Waals surface area contributed by atoms with E-state index in [9.17, 15) is 5.11 Å². The van der Waals surface area contributed by atoms with Gasteiger partial charge >= 0.3 is 0 Å². The van der Waals surface area contributed by atoms with Crippen LogP contribution in [0.3, 0.4) is 0 Å². The van der Waals surface area contributed by atoms with Gasteiger partial charge in [-0.05, 0) is 78.7 Å². The first-order valence-electron chi connectivity index (χ1n) is 16.9. The van der Waals surface area contributed by atoms with E-state index in [1.807, 2.05) is 66.9 Å². The number of rotatable bonds is 10. The predicted molar refractivity (Wildman–Crippen MR) is 193 cm³/mol. The Bertz CT molecular complexity index is 2110. The topological polar surface area (TPSA) is 93.5 Å². The number of methoxy groups -OCH3 is 1. The van der Waals surface area contributed by atoms with Gasteiger partial charge in [-0.3, -0.25) is 24.8 Å². The highest BCUT2D eigenvalue weighted by molar-refractivity contribution is 5.94. The average molecular weight is 650 g/mol. The predicted octanol–water partition coefficient (Wildman–Crippen LogP) is 7.61. The molecular formula is C41H39N5O3. The first-order chi connectivity index (χ1) is 24.1. The third kappa shape index (κ3) is 5.56. The van der Waals surface area contributed by atoms with Crippen molar-refractivity contribution in [3.05, 3.63) is 133 Å². The summed E-state index contributed by atoms with van der Waals surface area (Å²) >= 11 is 0. The average Bonchev–Trinajstić information content (AvgIpc) is 3.17. The fourth-order valence-electron chi connectivity index (χ4n) is 8.11. The van der Waals surface area contributed by atoms with Crippen LogP contribution in [-0.4, -0.2) is 56.2 Å². The van der Waals surface area contributed by atoms with Gasteiger partial charge in [0.05, 0.1) is 47.6 Å². The van der Waals surface area contributed by atoms with E-state index in [0.717, 1.165) is 86.7 Å². The lowest BCUT2D eigenvalue weighted by Gasteiger charge is -2.50. The Hall–Kier alpha value is -5.02. The third-order valence-electron chi connectivity index (χ3n) is 10.5. The quantitative estimate of drug-likeness (QED) is 0.152. The van der Waals surface area contributed by atoms with Crippen molar-refractivity contribution >= 4 is 38.9 Å². The summed E-state index contributed by atoms with van der Waals surface area (Å²) in [6.45, 7) is 10.3. The number of piperidine rings is 3. The van der Waals surface area contributed by atoms with Crippen molar-refractivity contribution in [2.75, 3.05) is 20.2 Å². The number of hydrogen-bond acceptors (Lipinski definition) is 8. The Kier molecular flexibility index (Phi) is 8.37. The van der Waals surface area contributed by atoms with Crippen molar-refractivity contribution in [3.63, 3.8) is 0 Å². The molecule has 3 aliphatic heterocycles. The minimum atomic E-state index is -0.739. The number of ether oxygens (including phenoxy) is 2.